The highest BCUT2D eigenvalue weighted by Crippen LogP contribution is 2.61. The van der Waals surface area contributed by atoms with E-state index in [9.17, 15) is 4.79 Å². The molecule has 0 N–H and O–H groups in total. The monoisotopic (exact) mass is 508 g/mol. The topological polar surface area (TPSA) is 26.3 Å². The summed E-state index contributed by atoms with van der Waals surface area (Å²) >= 11 is 3.62. The van der Waals surface area contributed by atoms with Crippen molar-refractivity contribution >= 4 is 30.0 Å². The first-order chi connectivity index (χ1) is 14.3. The minimum Gasteiger partial charge on any atom is -0.413 e. The first-order valence-electron chi connectivity index (χ1n) is 12.4. The van der Waals surface area contributed by atoms with Gasteiger partial charge in [0, 0.05) is 6.42 Å². The zero-order valence-electron chi connectivity index (χ0n) is 21.1. The summed E-state index contributed by atoms with van der Waals surface area (Å²) in [6, 6.07) is 0. The number of hydrogen-bond donors (Lipinski definition) is 0. The van der Waals surface area contributed by atoms with Crippen LogP contribution in [-0.2, 0) is 9.22 Å². The van der Waals surface area contributed by atoms with Crippen LogP contribution in [0.2, 0.25) is 18.1 Å². The van der Waals surface area contributed by atoms with E-state index in [0.29, 0.717) is 42.0 Å². The maximum atomic E-state index is 13.5. The first-order valence-corrected chi connectivity index (χ1v) is 16.3. The van der Waals surface area contributed by atoms with Gasteiger partial charge in [0.15, 0.2) is 8.32 Å². The molecular formula is C27H45BrO2Si. The van der Waals surface area contributed by atoms with Crippen LogP contribution in [0, 0.1) is 28.6 Å². The summed E-state index contributed by atoms with van der Waals surface area (Å²) in [6.07, 6.45) is 9.04. The molecular weight excluding hydrogens is 464 g/mol. The van der Waals surface area contributed by atoms with E-state index >= 15 is 0 Å². The molecule has 4 heteroatoms. The van der Waals surface area contributed by atoms with Crippen molar-refractivity contribution in [1.82, 2.24) is 0 Å². The largest absolute Gasteiger partial charge is 0.413 e. The Balaban J connectivity index is 1.63. The Morgan fingerprint density at radius 1 is 1.29 bits per heavy atom. The third kappa shape index (κ3) is 4.73. The molecule has 0 bridgehead atoms. The SMILES string of the molecule is C=C(CO[Si](C)(C)C(C)(C)C)C1(C(=O)C[C@@H](C)[C@H]2CC[C@H]3/C(=C/Br)CCC[C@]23C)CC1. The molecule has 0 amide bonds. The lowest BCUT2D eigenvalue weighted by molar-refractivity contribution is -0.124. The zero-order valence-corrected chi connectivity index (χ0v) is 23.7. The Hall–Kier alpha value is -0.193. The predicted molar refractivity (Wildman–Crippen MR) is 138 cm³/mol. The molecule has 0 unspecified atom stereocenters. The summed E-state index contributed by atoms with van der Waals surface area (Å²) in [5.74, 6) is 2.23. The number of fused-ring (bicyclic) bond motifs is 1. The minimum atomic E-state index is -1.83. The van der Waals surface area contributed by atoms with E-state index in [-0.39, 0.29) is 10.5 Å². The van der Waals surface area contributed by atoms with Gasteiger partial charge in [0.2, 0.25) is 0 Å². The van der Waals surface area contributed by atoms with Crippen molar-refractivity contribution in [2.75, 3.05) is 6.61 Å². The Labute approximate surface area is 200 Å². The van der Waals surface area contributed by atoms with Crippen LogP contribution in [0.5, 0.6) is 0 Å². The summed E-state index contributed by atoms with van der Waals surface area (Å²) in [5.41, 5.74) is 2.71. The molecule has 2 nitrogen and oxygen atoms in total. The molecule has 0 aromatic carbocycles. The van der Waals surface area contributed by atoms with Gasteiger partial charge >= 0.3 is 0 Å². The molecule has 0 radical (unpaired) electrons. The van der Waals surface area contributed by atoms with E-state index in [1.807, 2.05) is 0 Å². The highest BCUT2D eigenvalue weighted by Gasteiger charge is 2.55. The van der Waals surface area contributed by atoms with E-state index in [0.717, 1.165) is 18.4 Å². The average Bonchev–Trinajstić information content (AvgIpc) is 3.41. The second kappa shape index (κ2) is 8.87. The van der Waals surface area contributed by atoms with E-state index < -0.39 is 8.32 Å². The molecule has 0 aliphatic heterocycles. The molecule has 3 saturated carbocycles. The molecule has 0 spiro atoms. The number of allylic oxidation sites excluding steroid dienone is 1. The van der Waals surface area contributed by atoms with Gasteiger partial charge in [-0.25, -0.2) is 0 Å². The van der Waals surface area contributed by atoms with Crippen LogP contribution >= 0.6 is 15.9 Å². The molecule has 3 fully saturated rings. The lowest BCUT2D eigenvalue weighted by Crippen LogP contribution is -2.42. The summed E-state index contributed by atoms with van der Waals surface area (Å²) in [6.45, 7) is 21.1. The molecule has 0 aromatic heterocycles. The van der Waals surface area contributed by atoms with Crippen molar-refractivity contribution in [3.05, 3.63) is 22.7 Å². The van der Waals surface area contributed by atoms with E-state index in [1.165, 1.54) is 32.1 Å². The minimum absolute atomic E-state index is 0.180. The molecule has 3 rings (SSSR count). The van der Waals surface area contributed by atoms with Gasteiger partial charge in [0.05, 0.1) is 12.0 Å². The summed E-state index contributed by atoms with van der Waals surface area (Å²) in [4.78, 5) is 15.7. The number of Topliss-reactive ketones (excluding diaryl/α,β-unsaturated/α-hetero) is 1. The number of carbonyl (C=O) groups excluding carboxylic acids is 1. The summed E-state index contributed by atoms with van der Waals surface area (Å²) < 4.78 is 6.42. The third-order valence-corrected chi connectivity index (χ3v) is 14.8. The number of hydrogen-bond acceptors (Lipinski definition) is 2. The molecule has 0 aromatic rings. The fourth-order valence-corrected chi connectivity index (χ4v) is 7.87. The second-order valence-corrected chi connectivity index (χ2v) is 17.9. The van der Waals surface area contributed by atoms with E-state index in [1.54, 1.807) is 5.57 Å². The maximum Gasteiger partial charge on any atom is 0.192 e. The van der Waals surface area contributed by atoms with Gasteiger partial charge in [-0.2, -0.15) is 0 Å². The number of ketones is 1. The molecule has 3 aliphatic carbocycles. The van der Waals surface area contributed by atoms with Crippen molar-refractivity contribution in [3.8, 4) is 0 Å². The lowest BCUT2D eigenvalue weighted by Gasteiger charge is -2.44. The quantitative estimate of drug-likeness (QED) is 0.242. The second-order valence-electron chi connectivity index (χ2n) is 12.6. The van der Waals surface area contributed by atoms with Gasteiger partial charge in [-0.1, -0.05) is 62.7 Å². The van der Waals surface area contributed by atoms with Crippen LogP contribution < -0.4 is 0 Å². The number of halogens is 1. The van der Waals surface area contributed by atoms with Crippen molar-refractivity contribution < 1.29 is 9.22 Å². The number of rotatable bonds is 8. The van der Waals surface area contributed by atoms with Crippen molar-refractivity contribution in [1.29, 1.82) is 0 Å². The Morgan fingerprint density at radius 2 is 1.94 bits per heavy atom. The average molecular weight is 510 g/mol. The molecule has 31 heavy (non-hydrogen) atoms. The smallest absolute Gasteiger partial charge is 0.192 e. The van der Waals surface area contributed by atoms with Crippen molar-refractivity contribution in [2.45, 2.75) is 104 Å². The molecule has 0 heterocycles. The van der Waals surface area contributed by atoms with Crippen molar-refractivity contribution in [2.24, 2.45) is 28.6 Å². The van der Waals surface area contributed by atoms with Crippen molar-refractivity contribution in [3.63, 3.8) is 0 Å². The predicted octanol–water partition coefficient (Wildman–Crippen LogP) is 8.44. The van der Waals surface area contributed by atoms with Crippen LogP contribution in [0.4, 0.5) is 0 Å². The number of carbonyl (C=O) groups is 1. The van der Waals surface area contributed by atoms with Gasteiger partial charge in [-0.05, 0) is 96.8 Å². The van der Waals surface area contributed by atoms with Crippen LogP contribution in [0.3, 0.4) is 0 Å². The van der Waals surface area contributed by atoms with Crippen LogP contribution in [0.1, 0.15) is 86.0 Å². The van der Waals surface area contributed by atoms with Gasteiger partial charge in [0.25, 0.3) is 0 Å². The van der Waals surface area contributed by atoms with Gasteiger partial charge in [0.1, 0.15) is 5.78 Å². The van der Waals surface area contributed by atoms with Gasteiger partial charge in [-0.15, -0.1) is 0 Å². The molecule has 0 saturated heterocycles. The standard InChI is InChI=1S/C27H45BrO2Si/c1-19(22-11-12-23-21(17-28)10-9-13-26(22,23)6)16-24(29)27(14-15-27)20(2)18-30-31(7,8)25(3,4)5/h17,19,22-23H,2,9-16,18H2,1,3-8H3/b21-17+/t19-,22-,23+,26-/m1/s1. The van der Waals surface area contributed by atoms with Crippen LogP contribution in [-0.4, -0.2) is 20.7 Å². The fraction of sp³-hybridized carbons (Fsp3) is 0.815. The van der Waals surface area contributed by atoms with Crippen LogP contribution in [0.25, 0.3) is 0 Å². The summed E-state index contributed by atoms with van der Waals surface area (Å²) in [5, 5.41) is 0.180. The first kappa shape index (κ1) is 25.4. The van der Waals surface area contributed by atoms with E-state index in [4.69, 9.17) is 4.43 Å². The highest BCUT2D eigenvalue weighted by molar-refractivity contribution is 9.11. The van der Waals surface area contributed by atoms with Gasteiger partial charge < -0.3 is 4.43 Å². The molecule has 176 valence electrons. The van der Waals surface area contributed by atoms with E-state index in [2.05, 4.69) is 75.2 Å². The van der Waals surface area contributed by atoms with Gasteiger partial charge in [-0.3, -0.25) is 4.79 Å². The maximum absolute atomic E-state index is 13.5. The Morgan fingerprint density at radius 3 is 2.48 bits per heavy atom. The summed E-state index contributed by atoms with van der Waals surface area (Å²) in [7, 11) is -1.83. The van der Waals surface area contributed by atoms with Crippen LogP contribution in [0.15, 0.2) is 22.7 Å². The Kier molecular flexibility index (Phi) is 7.28. The molecule has 3 aliphatic rings. The normalized spacial score (nSPS) is 32.6. The zero-order chi connectivity index (χ0) is 23.2. The Bertz CT molecular complexity index is 743. The fourth-order valence-electron chi connectivity index (χ4n) is 6.35. The lowest BCUT2D eigenvalue weighted by atomic mass is 9.61. The molecule has 4 atom stereocenters. The highest BCUT2D eigenvalue weighted by atomic mass is 79.9. The third-order valence-electron chi connectivity index (χ3n) is 9.75.